The number of aromatic nitrogens is 3. The first-order valence-corrected chi connectivity index (χ1v) is 7.22. The second-order valence-corrected chi connectivity index (χ2v) is 5.50. The Hall–Kier alpha value is -1.25. The van der Waals surface area contributed by atoms with Gasteiger partial charge in [0, 0.05) is 11.7 Å². The molecule has 0 N–H and O–H groups in total. The first kappa shape index (κ1) is 15.1. The van der Waals surface area contributed by atoms with Crippen LogP contribution in [0, 0.1) is 0 Å². The van der Waals surface area contributed by atoms with Crippen molar-refractivity contribution in [2.75, 3.05) is 12.4 Å². The highest BCUT2D eigenvalue weighted by molar-refractivity contribution is 8.00. The Morgan fingerprint density at radius 1 is 1.50 bits per heavy atom. The van der Waals surface area contributed by atoms with E-state index < -0.39 is 11.5 Å². The predicted molar refractivity (Wildman–Crippen MR) is 66.5 cm³/mol. The molecule has 1 heterocycles. The lowest BCUT2D eigenvalue weighted by Crippen LogP contribution is -2.12. The maximum atomic E-state index is 12.1. The number of rotatable bonds is 6. The highest BCUT2D eigenvalue weighted by Gasteiger charge is 2.34. The number of thioether (sulfide) groups is 1. The van der Waals surface area contributed by atoms with Crippen LogP contribution in [0.15, 0.2) is 0 Å². The monoisotopic (exact) mass is 309 g/mol. The summed E-state index contributed by atoms with van der Waals surface area (Å²) < 4.78 is 42.6. The van der Waals surface area contributed by atoms with Crippen molar-refractivity contribution in [1.82, 2.24) is 15.0 Å². The third-order valence-electron chi connectivity index (χ3n) is 2.78. The summed E-state index contributed by atoms with van der Waals surface area (Å²) >= 11 is -0.108. The predicted octanol–water partition coefficient (Wildman–Crippen LogP) is 2.59. The number of alkyl halides is 3. The van der Waals surface area contributed by atoms with Gasteiger partial charge < -0.3 is 4.74 Å². The van der Waals surface area contributed by atoms with E-state index >= 15 is 0 Å². The Morgan fingerprint density at radius 2 is 2.20 bits per heavy atom. The number of carbonyl (C=O) groups is 1. The minimum absolute atomic E-state index is 0.0718. The van der Waals surface area contributed by atoms with Crippen LogP contribution >= 0.6 is 11.8 Å². The molecule has 0 spiro atoms. The quantitative estimate of drug-likeness (QED) is 0.756. The van der Waals surface area contributed by atoms with Gasteiger partial charge in [0.05, 0.1) is 18.8 Å². The zero-order valence-corrected chi connectivity index (χ0v) is 11.6. The molecule has 0 radical (unpaired) electrons. The molecule has 5 nitrogen and oxygen atoms in total. The molecule has 1 aromatic rings. The van der Waals surface area contributed by atoms with Crippen LogP contribution < -0.4 is 0 Å². The lowest BCUT2D eigenvalue weighted by Gasteiger charge is -2.08. The van der Waals surface area contributed by atoms with E-state index in [1.807, 2.05) is 0 Å². The molecule has 0 aromatic carbocycles. The summed E-state index contributed by atoms with van der Waals surface area (Å²) in [7, 11) is 0. The number of halogens is 3. The van der Waals surface area contributed by atoms with Crippen molar-refractivity contribution in [3.8, 4) is 0 Å². The van der Waals surface area contributed by atoms with E-state index in [-0.39, 0.29) is 42.3 Å². The third-order valence-corrected chi connectivity index (χ3v) is 3.49. The van der Waals surface area contributed by atoms with E-state index in [2.05, 4.69) is 10.3 Å². The Morgan fingerprint density at radius 3 is 2.75 bits per heavy atom. The van der Waals surface area contributed by atoms with Gasteiger partial charge in [-0.05, 0) is 31.5 Å². The molecule has 112 valence electrons. The molecule has 20 heavy (non-hydrogen) atoms. The van der Waals surface area contributed by atoms with Crippen LogP contribution in [-0.4, -0.2) is 38.8 Å². The van der Waals surface area contributed by atoms with Crippen LogP contribution in [0.2, 0.25) is 0 Å². The largest absolute Gasteiger partial charge is 0.461 e. The standard InChI is InChI=1S/C11H14F3N3O2S/c1-2-19-10(18)8-9(7-3-4-7)17(16-15-8)5-6-20-11(12,13)14/h7H,2-6H2,1H3. The second kappa shape index (κ2) is 6.02. The van der Waals surface area contributed by atoms with E-state index in [1.54, 1.807) is 6.92 Å². The summed E-state index contributed by atoms with van der Waals surface area (Å²) in [4.78, 5) is 11.7. The SMILES string of the molecule is CCOC(=O)c1nnn(CCSC(F)(F)F)c1C1CC1. The van der Waals surface area contributed by atoms with Crippen molar-refractivity contribution in [2.45, 2.75) is 37.7 Å². The van der Waals surface area contributed by atoms with E-state index in [0.29, 0.717) is 5.69 Å². The van der Waals surface area contributed by atoms with E-state index in [0.717, 1.165) is 12.8 Å². The number of ether oxygens (including phenoxy) is 1. The Balaban J connectivity index is 2.07. The smallest absolute Gasteiger partial charge is 0.441 e. The van der Waals surface area contributed by atoms with Crippen LogP contribution in [-0.2, 0) is 11.3 Å². The molecule has 0 unspecified atom stereocenters. The molecule has 0 aliphatic heterocycles. The summed E-state index contributed by atoms with van der Waals surface area (Å²) in [6.07, 6.45) is 1.79. The van der Waals surface area contributed by atoms with Crippen molar-refractivity contribution >= 4 is 17.7 Å². The van der Waals surface area contributed by atoms with Gasteiger partial charge in [-0.15, -0.1) is 5.10 Å². The average molecular weight is 309 g/mol. The summed E-state index contributed by atoms with van der Waals surface area (Å²) in [6, 6.07) is 0. The van der Waals surface area contributed by atoms with E-state index in [4.69, 9.17) is 4.74 Å². The van der Waals surface area contributed by atoms with Crippen molar-refractivity contribution in [3.63, 3.8) is 0 Å². The minimum atomic E-state index is -4.26. The summed E-state index contributed by atoms with van der Waals surface area (Å²) in [6.45, 7) is 1.97. The lowest BCUT2D eigenvalue weighted by molar-refractivity contribution is -0.0328. The van der Waals surface area contributed by atoms with Gasteiger partial charge in [0.2, 0.25) is 0 Å². The van der Waals surface area contributed by atoms with Crippen LogP contribution in [0.4, 0.5) is 13.2 Å². The fraction of sp³-hybridized carbons (Fsp3) is 0.727. The zero-order valence-electron chi connectivity index (χ0n) is 10.8. The molecular formula is C11H14F3N3O2S. The maximum absolute atomic E-state index is 12.1. The number of nitrogens with zero attached hydrogens (tertiary/aromatic N) is 3. The number of esters is 1. The molecule has 0 saturated heterocycles. The maximum Gasteiger partial charge on any atom is 0.441 e. The van der Waals surface area contributed by atoms with Crippen molar-refractivity contribution in [1.29, 1.82) is 0 Å². The van der Waals surface area contributed by atoms with E-state index in [9.17, 15) is 18.0 Å². The van der Waals surface area contributed by atoms with Gasteiger partial charge in [0.15, 0.2) is 5.69 Å². The number of aryl methyl sites for hydroxylation is 1. The van der Waals surface area contributed by atoms with Crippen LogP contribution in [0.5, 0.6) is 0 Å². The van der Waals surface area contributed by atoms with Crippen LogP contribution in [0.25, 0.3) is 0 Å². The summed E-state index contributed by atoms with van der Waals surface area (Å²) in [5.41, 5.74) is -3.53. The molecule has 1 aromatic heterocycles. The van der Waals surface area contributed by atoms with Crippen molar-refractivity contribution in [2.24, 2.45) is 0 Å². The minimum Gasteiger partial charge on any atom is -0.461 e. The van der Waals surface area contributed by atoms with Crippen LogP contribution in [0.1, 0.15) is 41.9 Å². The van der Waals surface area contributed by atoms with Gasteiger partial charge in [-0.1, -0.05) is 5.21 Å². The molecule has 0 atom stereocenters. The fourth-order valence-corrected chi connectivity index (χ4v) is 2.33. The Labute approximate surface area is 117 Å². The third kappa shape index (κ3) is 3.87. The molecule has 1 fully saturated rings. The molecule has 0 amide bonds. The highest BCUT2D eigenvalue weighted by atomic mass is 32.2. The van der Waals surface area contributed by atoms with Gasteiger partial charge in [0.25, 0.3) is 0 Å². The molecule has 0 bridgehead atoms. The molecule has 1 aliphatic carbocycles. The number of carbonyl (C=O) groups excluding carboxylic acids is 1. The van der Waals surface area contributed by atoms with Gasteiger partial charge >= 0.3 is 11.5 Å². The molecule has 1 aliphatic rings. The van der Waals surface area contributed by atoms with Gasteiger partial charge in [-0.3, -0.25) is 0 Å². The molecule has 1 saturated carbocycles. The Bertz CT molecular complexity index is 486. The van der Waals surface area contributed by atoms with Crippen molar-refractivity contribution < 1.29 is 22.7 Å². The van der Waals surface area contributed by atoms with Gasteiger partial charge in [-0.25, -0.2) is 9.48 Å². The summed E-state index contributed by atoms with van der Waals surface area (Å²) in [5.74, 6) is -0.570. The zero-order chi connectivity index (χ0) is 14.8. The topological polar surface area (TPSA) is 57.0 Å². The first-order valence-electron chi connectivity index (χ1n) is 6.23. The first-order chi connectivity index (χ1) is 9.42. The molecular weight excluding hydrogens is 295 g/mol. The van der Waals surface area contributed by atoms with Crippen LogP contribution in [0.3, 0.4) is 0 Å². The second-order valence-electron chi connectivity index (χ2n) is 4.34. The van der Waals surface area contributed by atoms with Gasteiger partial charge in [0.1, 0.15) is 0 Å². The van der Waals surface area contributed by atoms with Gasteiger partial charge in [-0.2, -0.15) is 13.2 Å². The number of hydrogen-bond acceptors (Lipinski definition) is 5. The molecule has 2 rings (SSSR count). The Kier molecular flexibility index (Phi) is 4.56. The number of hydrogen-bond donors (Lipinski definition) is 0. The van der Waals surface area contributed by atoms with E-state index in [1.165, 1.54) is 4.68 Å². The average Bonchev–Trinajstić information content (AvgIpc) is 3.09. The normalized spacial score (nSPS) is 15.4. The fourth-order valence-electron chi connectivity index (χ4n) is 1.84. The molecule has 9 heteroatoms. The summed E-state index contributed by atoms with van der Waals surface area (Å²) in [5, 5.41) is 7.54. The lowest BCUT2D eigenvalue weighted by atomic mass is 10.2. The van der Waals surface area contributed by atoms with Crippen molar-refractivity contribution in [3.05, 3.63) is 11.4 Å². The highest BCUT2D eigenvalue weighted by Crippen LogP contribution is 2.41.